The lowest BCUT2D eigenvalue weighted by Gasteiger charge is -2.29. The standard InChI is InChI=1S/C25H23F7N2O/c1-15(18-10-19(24(27,28)29)12-20(11-18)25(30,31)32)35-22-7-4-17(13-34-9-8-33-14-34)23(22)16-2-5-21(26)6-3-16/h2-3,5-6,8-12,14-15,17,22-23H,4,7,13H2,1H3. The number of hydrogen-bond acceptors (Lipinski definition) is 2. The molecule has 0 aliphatic heterocycles. The Morgan fingerprint density at radius 2 is 1.60 bits per heavy atom. The Balaban J connectivity index is 1.63. The van der Waals surface area contributed by atoms with E-state index in [9.17, 15) is 30.7 Å². The minimum absolute atomic E-state index is 0.0547. The molecule has 4 unspecified atom stereocenters. The number of ether oxygens (including phenoxy) is 1. The molecule has 0 saturated heterocycles. The molecule has 3 nitrogen and oxygen atoms in total. The van der Waals surface area contributed by atoms with E-state index in [4.69, 9.17) is 4.74 Å². The Morgan fingerprint density at radius 1 is 0.971 bits per heavy atom. The fourth-order valence-corrected chi connectivity index (χ4v) is 4.79. The summed E-state index contributed by atoms with van der Waals surface area (Å²) >= 11 is 0. The van der Waals surface area contributed by atoms with Crippen LogP contribution in [0.2, 0.25) is 0 Å². The minimum Gasteiger partial charge on any atom is -0.370 e. The van der Waals surface area contributed by atoms with Crippen LogP contribution >= 0.6 is 0 Å². The Morgan fingerprint density at radius 3 is 2.14 bits per heavy atom. The highest BCUT2D eigenvalue weighted by Gasteiger charge is 2.40. The monoisotopic (exact) mass is 500 g/mol. The first-order valence-electron chi connectivity index (χ1n) is 11.1. The number of rotatable bonds is 6. The molecular weight excluding hydrogens is 477 g/mol. The van der Waals surface area contributed by atoms with E-state index < -0.39 is 41.5 Å². The lowest BCUT2D eigenvalue weighted by atomic mass is 9.87. The zero-order valence-corrected chi connectivity index (χ0v) is 18.7. The summed E-state index contributed by atoms with van der Waals surface area (Å²) in [6, 6.07) is 7.43. The van der Waals surface area contributed by atoms with Gasteiger partial charge < -0.3 is 9.30 Å². The topological polar surface area (TPSA) is 27.1 Å². The summed E-state index contributed by atoms with van der Waals surface area (Å²) in [6.45, 7) is 2.04. The van der Waals surface area contributed by atoms with Gasteiger partial charge in [0.05, 0.1) is 29.7 Å². The largest absolute Gasteiger partial charge is 0.416 e. The lowest BCUT2D eigenvalue weighted by molar-refractivity contribution is -0.143. The van der Waals surface area contributed by atoms with Gasteiger partial charge in [0, 0.05) is 24.9 Å². The highest BCUT2D eigenvalue weighted by Crippen LogP contribution is 2.45. The molecule has 0 radical (unpaired) electrons. The van der Waals surface area contributed by atoms with Gasteiger partial charge in [-0.15, -0.1) is 0 Å². The molecule has 1 saturated carbocycles. The first-order valence-corrected chi connectivity index (χ1v) is 11.1. The van der Waals surface area contributed by atoms with E-state index in [-0.39, 0.29) is 23.5 Å². The quantitative estimate of drug-likeness (QED) is 0.330. The zero-order valence-electron chi connectivity index (χ0n) is 18.7. The average molecular weight is 500 g/mol. The molecule has 10 heteroatoms. The average Bonchev–Trinajstić information content (AvgIpc) is 3.43. The summed E-state index contributed by atoms with van der Waals surface area (Å²) in [5.41, 5.74) is -2.16. The highest BCUT2D eigenvalue weighted by atomic mass is 19.4. The van der Waals surface area contributed by atoms with Crippen molar-refractivity contribution in [3.8, 4) is 0 Å². The van der Waals surface area contributed by atoms with Gasteiger partial charge >= 0.3 is 12.4 Å². The number of nitrogens with zero attached hydrogens (tertiary/aromatic N) is 2. The zero-order chi connectivity index (χ0) is 25.4. The van der Waals surface area contributed by atoms with Crippen molar-refractivity contribution in [3.63, 3.8) is 0 Å². The van der Waals surface area contributed by atoms with Crippen LogP contribution in [0.25, 0.3) is 0 Å². The van der Waals surface area contributed by atoms with Crippen molar-refractivity contribution in [2.24, 2.45) is 5.92 Å². The Kier molecular flexibility index (Phi) is 6.95. The molecule has 4 rings (SSSR count). The van der Waals surface area contributed by atoms with E-state index >= 15 is 0 Å². The lowest BCUT2D eigenvalue weighted by Crippen LogP contribution is -2.24. The summed E-state index contributed by atoms with van der Waals surface area (Å²) in [4.78, 5) is 4.04. The second-order valence-corrected chi connectivity index (χ2v) is 8.83. The van der Waals surface area contributed by atoms with Gasteiger partial charge in [-0.3, -0.25) is 0 Å². The van der Waals surface area contributed by atoms with Crippen LogP contribution in [-0.4, -0.2) is 15.7 Å². The molecule has 0 N–H and O–H groups in total. The number of hydrogen-bond donors (Lipinski definition) is 0. The molecule has 1 aliphatic carbocycles. The van der Waals surface area contributed by atoms with E-state index in [1.807, 2.05) is 4.57 Å². The molecule has 1 fully saturated rings. The molecule has 1 heterocycles. The SMILES string of the molecule is CC(OC1CCC(Cn2ccnc2)C1c1ccc(F)cc1)c1cc(C(F)(F)F)cc(C(F)(F)F)c1. The number of aromatic nitrogens is 2. The molecule has 0 bridgehead atoms. The number of halogens is 7. The summed E-state index contributed by atoms with van der Waals surface area (Å²) in [5.74, 6) is -0.583. The van der Waals surface area contributed by atoms with Crippen LogP contribution in [0, 0.1) is 11.7 Å². The van der Waals surface area contributed by atoms with Gasteiger partial charge in [-0.1, -0.05) is 12.1 Å². The third kappa shape index (κ3) is 5.86. The molecular formula is C25H23F7N2O. The first-order chi connectivity index (χ1) is 16.4. The summed E-state index contributed by atoms with van der Waals surface area (Å²) in [6.07, 6.45) is -4.99. The molecule has 188 valence electrons. The Bertz CT molecular complexity index is 1090. The van der Waals surface area contributed by atoms with E-state index in [0.29, 0.717) is 31.5 Å². The molecule has 35 heavy (non-hydrogen) atoms. The Hall–Kier alpha value is -2.88. The second kappa shape index (κ2) is 9.64. The normalized spacial score (nSPS) is 21.9. The van der Waals surface area contributed by atoms with Crippen molar-refractivity contribution in [3.05, 3.63) is 89.3 Å². The molecule has 0 amide bonds. The third-order valence-electron chi connectivity index (χ3n) is 6.45. The molecule has 2 aromatic carbocycles. The van der Waals surface area contributed by atoms with Crippen LogP contribution in [0.5, 0.6) is 0 Å². The van der Waals surface area contributed by atoms with Gasteiger partial charge in [0.1, 0.15) is 5.82 Å². The van der Waals surface area contributed by atoms with Crippen molar-refractivity contribution in [2.45, 2.75) is 56.8 Å². The number of alkyl halides is 6. The van der Waals surface area contributed by atoms with Crippen LogP contribution in [0.1, 0.15) is 54.0 Å². The van der Waals surface area contributed by atoms with Gasteiger partial charge in [-0.2, -0.15) is 26.3 Å². The van der Waals surface area contributed by atoms with Gasteiger partial charge in [-0.25, -0.2) is 9.37 Å². The smallest absolute Gasteiger partial charge is 0.370 e. The van der Waals surface area contributed by atoms with Crippen LogP contribution in [-0.2, 0) is 23.6 Å². The molecule has 3 aromatic rings. The predicted molar refractivity (Wildman–Crippen MR) is 114 cm³/mol. The fraction of sp³-hybridized carbons (Fsp3) is 0.400. The first kappa shape index (κ1) is 25.2. The maximum atomic E-state index is 13.5. The van der Waals surface area contributed by atoms with E-state index in [2.05, 4.69) is 4.98 Å². The van der Waals surface area contributed by atoms with Gasteiger partial charge in [0.25, 0.3) is 0 Å². The van der Waals surface area contributed by atoms with Crippen LogP contribution in [0.3, 0.4) is 0 Å². The van der Waals surface area contributed by atoms with Gasteiger partial charge in [0.2, 0.25) is 0 Å². The maximum Gasteiger partial charge on any atom is 0.416 e. The van der Waals surface area contributed by atoms with E-state index in [1.165, 1.54) is 19.1 Å². The number of imidazole rings is 1. The van der Waals surface area contributed by atoms with E-state index in [0.717, 1.165) is 5.56 Å². The van der Waals surface area contributed by atoms with Crippen molar-refractivity contribution in [1.82, 2.24) is 9.55 Å². The summed E-state index contributed by atoms with van der Waals surface area (Å²) in [5, 5.41) is 0. The minimum atomic E-state index is -4.93. The second-order valence-electron chi connectivity index (χ2n) is 8.83. The molecule has 1 aliphatic rings. The molecule has 4 atom stereocenters. The maximum absolute atomic E-state index is 13.5. The number of benzene rings is 2. The summed E-state index contributed by atoms with van der Waals surface area (Å²) in [7, 11) is 0. The van der Waals surface area contributed by atoms with Crippen molar-refractivity contribution < 1.29 is 35.5 Å². The molecule has 1 aromatic heterocycles. The van der Waals surface area contributed by atoms with Crippen molar-refractivity contribution in [2.75, 3.05) is 0 Å². The van der Waals surface area contributed by atoms with E-state index in [1.54, 1.807) is 30.9 Å². The Labute approximate surface area is 197 Å². The molecule has 0 spiro atoms. The fourth-order valence-electron chi connectivity index (χ4n) is 4.79. The third-order valence-corrected chi connectivity index (χ3v) is 6.45. The van der Waals surface area contributed by atoms with Crippen molar-refractivity contribution >= 4 is 0 Å². The highest BCUT2D eigenvalue weighted by molar-refractivity contribution is 5.35. The van der Waals surface area contributed by atoms with Gasteiger partial charge in [-0.05, 0) is 67.1 Å². The van der Waals surface area contributed by atoms with Crippen LogP contribution < -0.4 is 0 Å². The van der Waals surface area contributed by atoms with Crippen LogP contribution in [0.15, 0.2) is 61.2 Å². The predicted octanol–water partition coefficient (Wildman–Crippen LogP) is 7.40. The van der Waals surface area contributed by atoms with Crippen LogP contribution in [0.4, 0.5) is 30.7 Å². The van der Waals surface area contributed by atoms with Gasteiger partial charge in [0.15, 0.2) is 0 Å². The summed E-state index contributed by atoms with van der Waals surface area (Å²) < 4.78 is 101. The van der Waals surface area contributed by atoms with Crippen molar-refractivity contribution in [1.29, 1.82) is 0 Å².